The molecule has 0 aromatic heterocycles. The molecule has 0 saturated heterocycles. The van der Waals surface area contributed by atoms with Crippen molar-refractivity contribution >= 4 is 35.8 Å². The third kappa shape index (κ3) is 79.7. The Morgan fingerprint density at radius 3 is 0.345 bits per heavy atom. The van der Waals surface area contributed by atoms with Crippen molar-refractivity contribution in [1.29, 1.82) is 0 Å². The number of esters is 6. The summed E-state index contributed by atoms with van der Waals surface area (Å²) in [5.41, 5.74) is -2.73. The average molecular weight is 1600 g/mol. The number of carbonyl (C=O) groups is 6. The summed E-state index contributed by atoms with van der Waals surface area (Å²) < 4.78 is 44.2. The molecular formula is C100H190O13. The summed E-state index contributed by atoms with van der Waals surface area (Å²) >= 11 is 0. The Morgan fingerprint density at radius 1 is 0.142 bits per heavy atom. The van der Waals surface area contributed by atoms with Gasteiger partial charge in [0.2, 0.25) is 0 Å². The molecule has 13 nitrogen and oxygen atoms in total. The molecule has 0 heterocycles. The largest absolute Gasteiger partial charge is 0.465 e. The lowest BCUT2D eigenvalue weighted by molar-refractivity contribution is -0.175. The molecule has 0 aliphatic heterocycles. The van der Waals surface area contributed by atoms with Gasteiger partial charge in [-0.25, -0.2) is 0 Å². The lowest BCUT2D eigenvalue weighted by atomic mass is 9.90. The van der Waals surface area contributed by atoms with Crippen LogP contribution < -0.4 is 0 Å². The minimum absolute atomic E-state index is 0.217. The maximum absolute atomic E-state index is 14.0. The molecule has 0 N–H and O–H groups in total. The second-order valence-electron chi connectivity index (χ2n) is 35.3. The molecule has 0 aromatic rings. The summed E-state index contributed by atoms with van der Waals surface area (Å²) in [7, 11) is 0. The van der Waals surface area contributed by atoms with Gasteiger partial charge in [0.25, 0.3) is 0 Å². The van der Waals surface area contributed by atoms with Crippen molar-refractivity contribution in [2.24, 2.45) is 10.8 Å². The van der Waals surface area contributed by atoms with Crippen LogP contribution in [0.1, 0.15) is 542 Å². The SMILES string of the molecule is CCCCCCCCCCCCCCC(=O)OCC(COCC(COC(=O)CCCCCCCCCCCCCC)(COC(=O)CCCCCCCCCCCCCC)COC(=O)CCCCCCCCCCCCCC)(COC(=O)CCCCCCCCCCCCCC)COC(=O)CCCCCCCCCCCCCC. The zero-order chi connectivity index (χ0) is 82.2. The quantitative estimate of drug-likeness (QED) is 0.0321. The molecule has 13 heteroatoms. The number of carbonyl (C=O) groups excluding carboxylic acids is 6. The van der Waals surface area contributed by atoms with Gasteiger partial charge < -0.3 is 33.2 Å². The highest BCUT2D eigenvalue weighted by Crippen LogP contribution is 2.29. The first-order valence-electron chi connectivity index (χ1n) is 50.0. The summed E-state index contributed by atoms with van der Waals surface area (Å²) in [6.45, 7) is 11.5. The van der Waals surface area contributed by atoms with Crippen LogP contribution in [0.5, 0.6) is 0 Å². The summed E-state index contributed by atoms with van der Waals surface area (Å²) in [4.78, 5) is 83.9. The maximum Gasteiger partial charge on any atom is 0.305 e. The number of hydrogen-bond acceptors (Lipinski definition) is 13. The van der Waals surface area contributed by atoms with E-state index in [4.69, 9.17) is 33.2 Å². The Labute approximate surface area is 700 Å². The van der Waals surface area contributed by atoms with Crippen molar-refractivity contribution in [3.63, 3.8) is 0 Å². The molecule has 0 bridgehead atoms. The molecule has 0 amide bonds. The minimum atomic E-state index is -1.36. The van der Waals surface area contributed by atoms with Crippen LogP contribution in [0.3, 0.4) is 0 Å². The van der Waals surface area contributed by atoms with E-state index in [0.29, 0.717) is 38.5 Å². The van der Waals surface area contributed by atoms with Crippen LogP contribution in [0.4, 0.5) is 0 Å². The van der Waals surface area contributed by atoms with Crippen molar-refractivity contribution in [1.82, 2.24) is 0 Å². The summed E-state index contributed by atoms with van der Waals surface area (Å²) in [5.74, 6) is -2.32. The highest BCUT2D eigenvalue weighted by molar-refractivity contribution is 5.71. The van der Waals surface area contributed by atoms with Gasteiger partial charge in [-0.2, -0.15) is 0 Å². The molecular weight excluding hydrogens is 1410 g/mol. The first kappa shape index (κ1) is 110. The van der Waals surface area contributed by atoms with Gasteiger partial charge in [-0.05, 0) is 38.5 Å². The standard InChI is InChI=1S/C100H190O13/c1-7-13-19-25-31-37-43-49-55-61-67-73-79-93(101)108-87-99(88-109-94(102)80-74-68-62-56-50-44-38-32-26-20-14-8-2,89-110-95(103)81-75-69-63-57-51-45-39-33-27-21-15-9-3)85-107-86-100(90-111-96(104)82-76-70-64-58-52-46-40-34-28-22-16-10-4,91-112-97(105)83-77-71-65-59-53-47-41-35-29-23-17-11-5)92-113-98(106)84-78-72-66-60-54-48-42-36-30-24-18-12-6/h7-92H2,1-6H3. The fraction of sp³-hybridized carbons (Fsp3) is 0.940. The molecule has 668 valence electrons. The van der Waals surface area contributed by atoms with E-state index in [1.165, 1.54) is 308 Å². The van der Waals surface area contributed by atoms with E-state index in [0.717, 1.165) is 116 Å². The molecule has 0 aliphatic rings. The molecule has 0 aliphatic carbocycles. The maximum atomic E-state index is 14.0. The molecule has 0 radical (unpaired) electrons. The lowest BCUT2D eigenvalue weighted by Crippen LogP contribution is -2.47. The first-order valence-corrected chi connectivity index (χ1v) is 50.0. The molecule has 0 saturated carbocycles. The van der Waals surface area contributed by atoms with Crippen LogP contribution in [0.2, 0.25) is 0 Å². The summed E-state index contributed by atoms with van der Waals surface area (Å²) in [5, 5.41) is 0. The van der Waals surface area contributed by atoms with E-state index in [2.05, 4.69) is 41.5 Å². The van der Waals surface area contributed by atoms with Crippen LogP contribution >= 0.6 is 0 Å². The Hall–Kier alpha value is -3.22. The van der Waals surface area contributed by atoms with Gasteiger partial charge in [0.05, 0.1) is 24.0 Å². The van der Waals surface area contributed by atoms with Crippen molar-refractivity contribution in [3.05, 3.63) is 0 Å². The summed E-state index contributed by atoms with van der Waals surface area (Å²) in [6, 6.07) is 0. The second-order valence-corrected chi connectivity index (χ2v) is 35.3. The van der Waals surface area contributed by atoms with Crippen LogP contribution in [0, 0.1) is 10.8 Å². The van der Waals surface area contributed by atoms with Crippen LogP contribution in [0.25, 0.3) is 0 Å². The van der Waals surface area contributed by atoms with Gasteiger partial charge in [-0.1, -0.05) is 465 Å². The molecule has 113 heavy (non-hydrogen) atoms. The highest BCUT2D eigenvalue weighted by Gasteiger charge is 2.41. The van der Waals surface area contributed by atoms with E-state index >= 15 is 0 Å². The van der Waals surface area contributed by atoms with Crippen LogP contribution in [0.15, 0.2) is 0 Å². The van der Waals surface area contributed by atoms with Gasteiger partial charge in [0.1, 0.15) is 39.6 Å². The topological polar surface area (TPSA) is 167 Å². The summed E-state index contributed by atoms with van der Waals surface area (Å²) in [6.07, 6.45) is 85.4. The van der Waals surface area contributed by atoms with Gasteiger partial charge in [-0.15, -0.1) is 0 Å². The number of hydrogen-bond donors (Lipinski definition) is 0. The predicted octanol–water partition coefficient (Wildman–Crippen LogP) is 30.8. The van der Waals surface area contributed by atoms with E-state index < -0.39 is 10.8 Å². The van der Waals surface area contributed by atoms with Crippen molar-refractivity contribution in [3.8, 4) is 0 Å². The second kappa shape index (κ2) is 88.1. The fourth-order valence-electron chi connectivity index (χ4n) is 15.5. The lowest BCUT2D eigenvalue weighted by Gasteiger charge is -2.35. The van der Waals surface area contributed by atoms with Crippen LogP contribution in [-0.2, 0) is 61.9 Å². The third-order valence-corrected chi connectivity index (χ3v) is 23.5. The Bertz CT molecular complexity index is 1690. The number of ether oxygens (including phenoxy) is 7. The highest BCUT2D eigenvalue weighted by atomic mass is 16.6. The zero-order valence-electron chi connectivity index (χ0n) is 76.1. The normalized spacial score (nSPS) is 11.7. The van der Waals surface area contributed by atoms with Crippen molar-refractivity contribution in [2.75, 3.05) is 52.9 Å². The van der Waals surface area contributed by atoms with Gasteiger partial charge in [0.15, 0.2) is 0 Å². The Morgan fingerprint density at radius 2 is 0.239 bits per heavy atom. The first-order chi connectivity index (χ1) is 55.4. The third-order valence-electron chi connectivity index (χ3n) is 23.5. The van der Waals surface area contributed by atoms with Crippen LogP contribution in [-0.4, -0.2) is 88.7 Å². The number of unbranched alkanes of at least 4 members (excludes halogenated alkanes) is 66. The average Bonchev–Trinajstić information content (AvgIpc) is 0.839. The predicted molar refractivity (Wildman–Crippen MR) is 476 cm³/mol. The molecule has 0 unspecified atom stereocenters. The molecule has 0 fully saturated rings. The molecule has 0 aromatic carbocycles. The fourth-order valence-corrected chi connectivity index (χ4v) is 15.5. The monoisotopic (exact) mass is 1600 g/mol. The Kier molecular flexibility index (Phi) is 85.6. The zero-order valence-corrected chi connectivity index (χ0v) is 76.1. The van der Waals surface area contributed by atoms with Gasteiger partial charge in [0, 0.05) is 38.5 Å². The smallest absolute Gasteiger partial charge is 0.305 e. The van der Waals surface area contributed by atoms with E-state index in [-0.39, 0.29) is 127 Å². The molecule has 0 spiro atoms. The van der Waals surface area contributed by atoms with E-state index in [1.807, 2.05) is 0 Å². The van der Waals surface area contributed by atoms with Crippen molar-refractivity contribution in [2.45, 2.75) is 542 Å². The van der Waals surface area contributed by atoms with Gasteiger partial charge >= 0.3 is 35.8 Å². The van der Waals surface area contributed by atoms with Crippen molar-refractivity contribution < 1.29 is 61.9 Å². The van der Waals surface area contributed by atoms with E-state index in [9.17, 15) is 28.8 Å². The number of rotatable bonds is 94. The Balaban J connectivity index is 7.19. The van der Waals surface area contributed by atoms with E-state index in [1.54, 1.807) is 0 Å². The van der Waals surface area contributed by atoms with Gasteiger partial charge in [-0.3, -0.25) is 28.8 Å². The molecule has 0 atom stereocenters. The molecule has 0 rings (SSSR count). The minimum Gasteiger partial charge on any atom is -0.465 e.